The minimum atomic E-state index is -0.481. The molecule has 112 valence electrons. The fraction of sp³-hybridized carbons (Fsp3) is 0.286. The summed E-state index contributed by atoms with van der Waals surface area (Å²) < 4.78 is 14.5. The Morgan fingerprint density at radius 3 is 3.05 bits per heavy atom. The van der Waals surface area contributed by atoms with Crippen molar-refractivity contribution in [3.63, 3.8) is 0 Å². The van der Waals surface area contributed by atoms with Gasteiger partial charge in [-0.15, -0.1) is 11.3 Å². The molecule has 4 nitrogen and oxygen atoms in total. The maximum atomic E-state index is 13.5. The Kier molecular flexibility index (Phi) is 5.58. The van der Waals surface area contributed by atoms with Crippen LogP contribution < -0.4 is 11.1 Å². The molecule has 21 heavy (non-hydrogen) atoms. The van der Waals surface area contributed by atoms with Crippen LogP contribution in [-0.4, -0.2) is 16.6 Å². The summed E-state index contributed by atoms with van der Waals surface area (Å²) in [6.45, 7) is 1.95. The van der Waals surface area contributed by atoms with Crippen LogP contribution in [0.4, 0.5) is 15.8 Å². The number of nitrogens with two attached hydrogens (primary N) is 1. The second-order valence-electron chi connectivity index (χ2n) is 4.49. The Morgan fingerprint density at radius 2 is 2.33 bits per heavy atom. The number of nitrogen functional groups attached to an aromatic ring is 1. The van der Waals surface area contributed by atoms with E-state index in [1.807, 2.05) is 12.3 Å². The van der Waals surface area contributed by atoms with E-state index in [0.29, 0.717) is 18.5 Å². The van der Waals surface area contributed by atoms with E-state index in [-0.39, 0.29) is 11.6 Å². The number of aromatic nitrogens is 1. The predicted molar refractivity (Wildman–Crippen MR) is 86.3 cm³/mol. The van der Waals surface area contributed by atoms with E-state index < -0.39 is 5.82 Å². The summed E-state index contributed by atoms with van der Waals surface area (Å²) in [6.07, 6.45) is 1.05. The normalized spacial score (nSPS) is 10.6. The van der Waals surface area contributed by atoms with Crippen molar-refractivity contribution < 1.29 is 9.18 Å². The van der Waals surface area contributed by atoms with Gasteiger partial charge in [0.15, 0.2) is 0 Å². The molecular weight excluding hydrogens is 309 g/mol. The van der Waals surface area contributed by atoms with Crippen molar-refractivity contribution in [1.29, 1.82) is 0 Å². The molecule has 2 aromatic rings. The average molecular weight is 325 g/mol. The molecule has 1 aromatic heterocycles. The van der Waals surface area contributed by atoms with Crippen molar-refractivity contribution in [1.82, 2.24) is 4.98 Å². The number of nitrogens with zero attached hydrogens (tertiary/aromatic N) is 1. The summed E-state index contributed by atoms with van der Waals surface area (Å²) in [4.78, 5) is 16.1. The third-order valence-corrected chi connectivity index (χ3v) is 4.86. The summed E-state index contributed by atoms with van der Waals surface area (Å²) in [7, 11) is 0. The van der Waals surface area contributed by atoms with Crippen molar-refractivity contribution in [2.75, 3.05) is 16.8 Å². The summed E-state index contributed by atoms with van der Waals surface area (Å²) in [5.74, 6) is 0.111. The van der Waals surface area contributed by atoms with Crippen LogP contribution >= 0.6 is 23.1 Å². The zero-order valence-electron chi connectivity index (χ0n) is 11.6. The summed E-state index contributed by atoms with van der Waals surface area (Å²) in [5.41, 5.74) is 7.12. The lowest BCUT2D eigenvalue weighted by atomic mass is 10.2. The molecule has 0 aliphatic carbocycles. The molecular formula is C14H16FN3OS2. The Hall–Kier alpha value is -1.60. The highest BCUT2D eigenvalue weighted by Crippen LogP contribution is 2.23. The summed E-state index contributed by atoms with van der Waals surface area (Å²) in [6, 6.07) is 4.11. The van der Waals surface area contributed by atoms with Gasteiger partial charge in [0.2, 0.25) is 5.91 Å². The lowest BCUT2D eigenvalue weighted by Gasteiger charge is -2.07. The molecule has 0 unspecified atom stereocenters. The molecule has 0 radical (unpaired) electrons. The standard InChI is InChI=1S/C14H16FN3OS2/c1-9-8-21-14(17-9)20-6-2-3-13(19)18-12-7-10(16)4-5-11(12)15/h4-5,7-8H,2-3,6,16H2,1H3,(H,18,19). The molecule has 0 bridgehead atoms. The number of hydrogen-bond acceptors (Lipinski definition) is 5. The number of halogens is 1. The Labute approximate surface area is 131 Å². The van der Waals surface area contributed by atoms with E-state index in [1.54, 1.807) is 23.1 Å². The molecule has 1 aromatic carbocycles. The average Bonchev–Trinajstić information content (AvgIpc) is 2.85. The number of carbonyl (C=O) groups is 1. The first-order valence-corrected chi connectivity index (χ1v) is 8.31. The van der Waals surface area contributed by atoms with E-state index in [1.165, 1.54) is 18.2 Å². The van der Waals surface area contributed by atoms with Crippen LogP contribution in [0.1, 0.15) is 18.5 Å². The van der Waals surface area contributed by atoms with Crippen LogP contribution in [0.5, 0.6) is 0 Å². The van der Waals surface area contributed by atoms with Gasteiger partial charge in [0.25, 0.3) is 0 Å². The topological polar surface area (TPSA) is 68.0 Å². The lowest BCUT2D eigenvalue weighted by Crippen LogP contribution is -2.12. The van der Waals surface area contributed by atoms with Crippen molar-refractivity contribution >= 4 is 40.4 Å². The zero-order chi connectivity index (χ0) is 15.2. The lowest BCUT2D eigenvalue weighted by molar-refractivity contribution is -0.116. The molecule has 1 heterocycles. The number of nitrogens with one attached hydrogen (secondary N) is 1. The molecule has 3 N–H and O–H groups in total. The van der Waals surface area contributed by atoms with E-state index in [4.69, 9.17) is 5.73 Å². The first kappa shape index (κ1) is 15.8. The van der Waals surface area contributed by atoms with Crippen LogP contribution in [-0.2, 0) is 4.79 Å². The summed E-state index contributed by atoms with van der Waals surface area (Å²) in [5, 5.41) is 4.54. The third-order valence-electron chi connectivity index (χ3n) is 2.64. The highest BCUT2D eigenvalue weighted by Gasteiger charge is 2.08. The number of aryl methyl sites for hydroxylation is 1. The SMILES string of the molecule is Cc1csc(SCCCC(=O)Nc2cc(N)ccc2F)n1. The Bertz CT molecular complexity index is 630. The van der Waals surface area contributed by atoms with Crippen LogP contribution in [0.15, 0.2) is 27.9 Å². The second kappa shape index (κ2) is 7.42. The molecule has 0 saturated carbocycles. The molecule has 0 aliphatic rings. The number of carbonyl (C=O) groups excluding carboxylic acids is 1. The Balaban J connectivity index is 1.73. The van der Waals surface area contributed by atoms with Gasteiger partial charge in [0, 0.05) is 28.9 Å². The van der Waals surface area contributed by atoms with Crippen molar-refractivity contribution in [3.8, 4) is 0 Å². The molecule has 1 amide bonds. The molecule has 0 atom stereocenters. The predicted octanol–water partition coefficient (Wildman–Crippen LogP) is 3.68. The number of thioether (sulfide) groups is 1. The van der Waals surface area contributed by atoms with Crippen LogP contribution in [0.2, 0.25) is 0 Å². The number of anilines is 2. The van der Waals surface area contributed by atoms with Crippen LogP contribution in [0.25, 0.3) is 0 Å². The highest BCUT2D eigenvalue weighted by molar-refractivity contribution is 8.01. The maximum absolute atomic E-state index is 13.5. The molecule has 7 heteroatoms. The van der Waals surface area contributed by atoms with E-state index in [9.17, 15) is 9.18 Å². The first-order chi connectivity index (χ1) is 10.0. The van der Waals surface area contributed by atoms with Crippen LogP contribution in [0.3, 0.4) is 0 Å². The number of hydrogen-bond donors (Lipinski definition) is 2. The first-order valence-electron chi connectivity index (χ1n) is 6.44. The third kappa shape index (κ3) is 5.02. The summed E-state index contributed by atoms with van der Waals surface area (Å²) >= 11 is 3.23. The maximum Gasteiger partial charge on any atom is 0.224 e. The second-order valence-corrected chi connectivity index (χ2v) is 6.69. The van der Waals surface area contributed by atoms with Gasteiger partial charge in [-0.25, -0.2) is 9.37 Å². The van der Waals surface area contributed by atoms with E-state index in [0.717, 1.165) is 15.8 Å². The Morgan fingerprint density at radius 1 is 1.52 bits per heavy atom. The molecule has 0 saturated heterocycles. The number of amides is 1. The molecule has 0 spiro atoms. The van der Waals surface area contributed by atoms with Gasteiger partial charge in [0.05, 0.1) is 5.69 Å². The van der Waals surface area contributed by atoms with Gasteiger partial charge in [0.1, 0.15) is 10.2 Å². The van der Waals surface area contributed by atoms with Crippen molar-refractivity contribution in [3.05, 3.63) is 35.1 Å². The zero-order valence-corrected chi connectivity index (χ0v) is 13.2. The van der Waals surface area contributed by atoms with Gasteiger partial charge >= 0.3 is 0 Å². The fourth-order valence-corrected chi connectivity index (χ4v) is 3.50. The quantitative estimate of drug-likeness (QED) is 0.483. The van der Waals surface area contributed by atoms with Gasteiger partial charge in [-0.05, 0) is 31.5 Å². The fourth-order valence-electron chi connectivity index (χ4n) is 1.64. The van der Waals surface area contributed by atoms with Crippen LogP contribution in [0, 0.1) is 12.7 Å². The van der Waals surface area contributed by atoms with Gasteiger partial charge < -0.3 is 11.1 Å². The van der Waals surface area contributed by atoms with E-state index >= 15 is 0 Å². The van der Waals surface area contributed by atoms with Gasteiger partial charge in [-0.3, -0.25) is 4.79 Å². The largest absolute Gasteiger partial charge is 0.399 e. The molecule has 0 aliphatic heterocycles. The number of rotatable bonds is 6. The monoisotopic (exact) mass is 325 g/mol. The van der Waals surface area contributed by atoms with Gasteiger partial charge in [-0.1, -0.05) is 11.8 Å². The molecule has 2 rings (SSSR count). The van der Waals surface area contributed by atoms with Gasteiger partial charge in [-0.2, -0.15) is 0 Å². The highest BCUT2D eigenvalue weighted by atomic mass is 32.2. The minimum Gasteiger partial charge on any atom is -0.399 e. The molecule has 0 fully saturated rings. The smallest absolute Gasteiger partial charge is 0.224 e. The van der Waals surface area contributed by atoms with E-state index in [2.05, 4.69) is 10.3 Å². The minimum absolute atomic E-state index is 0.128. The number of benzene rings is 1. The van der Waals surface area contributed by atoms with Crippen molar-refractivity contribution in [2.45, 2.75) is 24.1 Å². The van der Waals surface area contributed by atoms with Crippen molar-refractivity contribution in [2.24, 2.45) is 0 Å². The number of thiazole rings is 1.